The summed E-state index contributed by atoms with van der Waals surface area (Å²) in [6.45, 7) is 4.08. The topological polar surface area (TPSA) is 0 Å². The van der Waals surface area contributed by atoms with Crippen LogP contribution in [0.2, 0.25) is 5.02 Å². The van der Waals surface area contributed by atoms with Gasteiger partial charge in [0, 0.05) is 8.59 Å². The maximum atomic E-state index is 5.91. The van der Waals surface area contributed by atoms with Gasteiger partial charge in [0.1, 0.15) is 0 Å². The first-order valence-corrected chi connectivity index (χ1v) is 4.49. The molecule has 0 amide bonds. The molecule has 0 aliphatic carbocycles. The molecular formula is C8H8ClI. The Labute approximate surface area is 79.7 Å². The van der Waals surface area contributed by atoms with Gasteiger partial charge in [-0.15, -0.1) is 0 Å². The Morgan fingerprint density at radius 1 is 1.30 bits per heavy atom. The van der Waals surface area contributed by atoms with E-state index in [0.29, 0.717) is 0 Å². The molecule has 1 aromatic carbocycles. The van der Waals surface area contributed by atoms with Gasteiger partial charge >= 0.3 is 0 Å². The number of hydrogen-bond donors (Lipinski definition) is 0. The molecule has 54 valence electrons. The summed E-state index contributed by atoms with van der Waals surface area (Å²) in [5.41, 5.74) is 2.40. The van der Waals surface area contributed by atoms with E-state index < -0.39 is 0 Å². The van der Waals surface area contributed by atoms with Crippen LogP contribution < -0.4 is 0 Å². The molecule has 0 aromatic heterocycles. The number of hydrogen-bond acceptors (Lipinski definition) is 0. The summed E-state index contributed by atoms with van der Waals surface area (Å²) in [7, 11) is 0. The molecule has 0 nitrogen and oxygen atoms in total. The highest BCUT2D eigenvalue weighted by Crippen LogP contribution is 2.22. The minimum atomic E-state index is 0.865. The van der Waals surface area contributed by atoms with Gasteiger partial charge in [-0.05, 0) is 59.7 Å². The van der Waals surface area contributed by atoms with Crippen molar-refractivity contribution in [1.82, 2.24) is 0 Å². The van der Waals surface area contributed by atoms with Crippen molar-refractivity contribution in [3.05, 3.63) is 31.9 Å². The van der Waals surface area contributed by atoms with Crippen LogP contribution in [-0.4, -0.2) is 0 Å². The third-order valence-corrected chi connectivity index (χ3v) is 2.94. The van der Waals surface area contributed by atoms with Crippen molar-refractivity contribution in [3.8, 4) is 0 Å². The number of aryl methyl sites for hydroxylation is 1. The molecule has 0 saturated carbocycles. The first-order valence-electron chi connectivity index (χ1n) is 3.03. The monoisotopic (exact) mass is 266 g/mol. The molecule has 0 saturated heterocycles. The minimum absolute atomic E-state index is 0.865. The molecule has 0 heterocycles. The first-order chi connectivity index (χ1) is 4.61. The van der Waals surface area contributed by atoms with E-state index in [9.17, 15) is 0 Å². The summed E-state index contributed by atoms with van der Waals surface area (Å²) in [5.74, 6) is 0. The lowest BCUT2D eigenvalue weighted by atomic mass is 10.2. The number of rotatable bonds is 0. The van der Waals surface area contributed by atoms with Crippen LogP contribution in [0.1, 0.15) is 11.1 Å². The number of benzene rings is 1. The molecule has 0 radical (unpaired) electrons. The Balaban J connectivity index is 3.31. The molecular weight excluding hydrogens is 258 g/mol. The van der Waals surface area contributed by atoms with Gasteiger partial charge in [-0.3, -0.25) is 0 Å². The standard InChI is InChI=1S/C8H8ClI/c1-5-3-7(9)6(2)8(10)4-5/h3-4H,1-2H3. The van der Waals surface area contributed by atoms with E-state index in [1.165, 1.54) is 14.7 Å². The Morgan fingerprint density at radius 2 is 1.90 bits per heavy atom. The summed E-state index contributed by atoms with van der Waals surface area (Å²) in [6, 6.07) is 4.11. The molecule has 2 heteroatoms. The lowest BCUT2D eigenvalue weighted by molar-refractivity contribution is 1.36. The van der Waals surface area contributed by atoms with Crippen LogP contribution >= 0.6 is 34.2 Å². The SMILES string of the molecule is Cc1cc(Cl)c(C)c(I)c1. The lowest BCUT2D eigenvalue weighted by Gasteiger charge is -2.01. The fourth-order valence-electron chi connectivity index (χ4n) is 0.772. The Kier molecular flexibility index (Phi) is 2.58. The predicted molar refractivity (Wildman–Crippen MR) is 53.6 cm³/mol. The van der Waals surface area contributed by atoms with Gasteiger partial charge in [-0.1, -0.05) is 11.6 Å². The zero-order valence-corrected chi connectivity index (χ0v) is 8.82. The van der Waals surface area contributed by atoms with Crippen LogP contribution in [0.15, 0.2) is 12.1 Å². The molecule has 0 N–H and O–H groups in total. The smallest absolute Gasteiger partial charge is 0.0448 e. The summed E-state index contributed by atoms with van der Waals surface area (Å²) in [5, 5.41) is 0.865. The van der Waals surface area contributed by atoms with Crippen molar-refractivity contribution in [2.75, 3.05) is 0 Å². The summed E-state index contributed by atoms with van der Waals surface area (Å²) >= 11 is 8.21. The Morgan fingerprint density at radius 3 is 2.40 bits per heavy atom. The normalized spacial score (nSPS) is 10.0. The van der Waals surface area contributed by atoms with Crippen LogP contribution in [0, 0.1) is 17.4 Å². The van der Waals surface area contributed by atoms with Gasteiger partial charge in [0.15, 0.2) is 0 Å². The zero-order valence-electron chi connectivity index (χ0n) is 5.91. The molecule has 0 fully saturated rings. The van der Waals surface area contributed by atoms with Crippen molar-refractivity contribution in [2.24, 2.45) is 0 Å². The number of halogens is 2. The highest BCUT2D eigenvalue weighted by atomic mass is 127. The lowest BCUT2D eigenvalue weighted by Crippen LogP contribution is -1.83. The van der Waals surface area contributed by atoms with Gasteiger partial charge in [0.2, 0.25) is 0 Å². The maximum absolute atomic E-state index is 5.91. The Hall–Kier alpha value is 0.240. The van der Waals surface area contributed by atoms with Crippen LogP contribution in [0.5, 0.6) is 0 Å². The molecule has 0 aliphatic rings. The molecule has 0 unspecified atom stereocenters. The van der Waals surface area contributed by atoms with Gasteiger partial charge in [0.25, 0.3) is 0 Å². The molecule has 10 heavy (non-hydrogen) atoms. The molecule has 0 aliphatic heterocycles. The van der Waals surface area contributed by atoms with Crippen LogP contribution in [-0.2, 0) is 0 Å². The summed E-state index contributed by atoms with van der Waals surface area (Å²) in [6.07, 6.45) is 0. The molecule has 1 rings (SSSR count). The summed E-state index contributed by atoms with van der Waals surface area (Å²) in [4.78, 5) is 0. The van der Waals surface area contributed by atoms with Crippen molar-refractivity contribution in [3.63, 3.8) is 0 Å². The highest BCUT2D eigenvalue weighted by Gasteiger charge is 1.99. The average molecular weight is 267 g/mol. The fourth-order valence-corrected chi connectivity index (χ4v) is 1.99. The quantitative estimate of drug-likeness (QED) is 0.630. The third kappa shape index (κ3) is 1.64. The van der Waals surface area contributed by atoms with Gasteiger partial charge in [-0.2, -0.15) is 0 Å². The van der Waals surface area contributed by atoms with E-state index in [2.05, 4.69) is 28.7 Å². The maximum Gasteiger partial charge on any atom is 0.0448 e. The second-order valence-corrected chi connectivity index (χ2v) is 3.92. The second kappa shape index (κ2) is 3.09. The van der Waals surface area contributed by atoms with Gasteiger partial charge in [-0.25, -0.2) is 0 Å². The first kappa shape index (κ1) is 8.34. The predicted octanol–water partition coefficient (Wildman–Crippen LogP) is 3.56. The minimum Gasteiger partial charge on any atom is -0.0840 e. The van der Waals surface area contributed by atoms with E-state index in [0.717, 1.165) is 5.02 Å². The van der Waals surface area contributed by atoms with Crippen LogP contribution in [0.3, 0.4) is 0 Å². The fraction of sp³-hybridized carbons (Fsp3) is 0.250. The van der Waals surface area contributed by atoms with E-state index in [-0.39, 0.29) is 0 Å². The van der Waals surface area contributed by atoms with E-state index in [1.54, 1.807) is 0 Å². The molecule has 0 spiro atoms. The average Bonchev–Trinajstić information content (AvgIpc) is 1.82. The zero-order chi connectivity index (χ0) is 7.72. The van der Waals surface area contributed by atoms with Gasteiger partial charge in [0.05, 0.1) is 0 Å². The Bertz CT molecular complexity index is 232. The summed E-state index contributed by atoms with van der Waals surface area (Å²) < 4.78 is 1.24. The largest absolute Gasteiger partial charge is 0.0840 e. The highest BCUT2D eigenvalue weighted by molar-refractivity contribution is 14.1. The molecule has 1 aromatic rings. The van der Waals surface area contributed by atoms with Crippen molar-refractivity contribution in [1.29, 1.82) is 0 Å². The van der Waals surface area contributed by atoms with Crippen LogP contribution in [0.25, 0.3) is 0 Å². The van der Waals surface area contributed by atoms with Gasteiger partial charge < -0.3 is 0 Å². The van der Waals surface area contributed by atoms with Crippen molar-refractivity contribution < 1.29 is 0 Å². The van der Waals surface area contributed by atoms with E-state index in [4.69, 9.17) is 11.6 Å². The van der Waals surface area contributed by atoms with Crippen molar-refractivity contribution in [2.45, 2.75) is 13.8 Å². The van der Waals surface area contributed by atoms with Crippen molar-refractivity contribution >= 4 is 34.2 Å². The third-order valence-electron chi connectivity index (χ3n) is 1.43. The van der Waals surface area contributed by atoms with E-state index >= 15 is 0 Å². The van der Waals surface area contributed by atoms with Crippen LogP contribution in [0.4, 0.5) is 0 Å². The molecule has 0 atom stereocenters. The van der Waals surface area contributed by atoms with E-state index in [1.807, 2.05) is 19.9 Å². The molecule has 0 bridgehead atoms. The second-order valence-electron chi connectivity index (χ2n) is 2.35.